The highest BCUT2D eigenvalue weighted by Crippen LogP contribution is 2.32. The SMILES string of the molecule is CCNC(=O)N1CCC(c2nc(C(=O)Nc3ccccc3-c3ccc(CC)cc3)cs2)CC1. The lowest BCUT2D eigenvalue weighted by atomic mass is 9.98. The fraction of sp³-hybridized carbons (Fsp3) is 0.346. The first-order valence-corrected chi connectivity index (χ1v) is 12.4. The number of carbonyl (C=O) groups is 2. The van der Waals surface area contributed by atoms with Gasteiger partial charge in [-0.05, 0) is 43.4 Å². The zero-order valence-electron chi connectivity index (χ0n) is 19.1. The van der Waals surface area contributed by atoms with Gasteiger partial charge in [-0.1, -0.05) is 49.4 Å². The number of likely N-dealkylation sites (tertiary alicyclic amines) is 1. The van der Waals surface area contributed by atoms with Gasteiger partial charge in [-0.15, -0.1) is 11.3 Å². The molecule has 4 rings (SSSR count). The molecule has 33 heavy (non-hydrogen) atoms. The molecule has 1 fully saturated rings. The summed E-state index contributed by atoms with van der Waals surface area (Å²) in [5.74, 6) is 0.0847. The number of para-hydroxylation sites is 1. The van der Waals surface area contributed by atoms with Crippen LogP contribution in [0.2, 0.25) is 0 Å². The van der Waals surface area contributed by atoms with Crippen LogP contribution in [0.1, 0.15) is 53.7 Å². The van der Waals surface area contributed by atoms with Crippen molar-refractivity contribution in [2.75, 3.05) is 25.0 Å². The summed E-state index contributed by atoms with van der Waals surface area (Å²) in [5, 5.41) is 8.71. The summed E-state index contributed by atoms with van der Waals surface area (Å²) in [5.41, 5.74) is 4.56. The molecule has 3 amide bonds. The highest BCUT2D eigenvalue weighted by atomic mass is 32.1. The molecule has 6 nitrogen and oxygen atoms in total. The number of urea groups is 1. The molecule has 0 saturated carbocycles. The van der Waals surface area contributed by atoms with Crippen LogP contribution in [0.15, 0.2) is 53.9 Å². The van der Waals surface area contributed by atoms with Crippen molar-refractivity contribution in [2.45, 2.75) is 39.0 Å². The van der Waals surface area contributed by atoms with Crippen LogP contribution in [-0.2, 0) is 6.42 Å². The van der Waals surface area contributed by atoms with Gasteiger partial charge in [0.25, 0.3) is 5.91 Å². The monoisotopic (exact) mass is 462 g/mol. The zero-order valence-corrected chi connectivity index (χ0v) is 20.0. The Kier molecular flexibility index (Phi) is 7.40. The molecule has 2 aromatic carbocycles. The van der Waals surface area contributed by atoms with Gasteiger partial charge in [0.15, 0.2) is 0 Å². The van der Waals surface area contributed by atoms with E-state index in [-0.39, 0.29) is 17.9 Å². The number of amides is 3. The fourth-order valence-corrected chi connectivity index (χ4v) is 5.09. The molecule has 2 N–H and O–H groups in total. The van der Waals surface area contributed by atoms with E-state index in [2.05, 4.69) is 46.8 Å². The predicted molar refractivity (Wildman–Crippen MR) is 134 cm³/mol. The molecule has 1 aliphatic heterocycles. The minimum Gasteiger partial charge on any atom is -0.338 e. The summed E-state index contributed by atoms with van der Waals surface area (Å²) in [7, 11) is 0. The molecule has 7 heteroatoms. The number of hydrogen-bond acceptors (Lipinski definition) is 4. The molecule has 1 saturated heterocycles. The molecule has 2 heterocycles. The third-order valence-corrected chi connectivity index (χ3v) is 7.07. The van der Waals surface area contributed by atoms with Gasteiger partial charge in [-0.2, -0.15) is 0 Å². The molecule has 0 bridgehead atoms. The van der Waals surface area contributed by atoms with E-state index in [0.29, 0.717) is 25.3 Å². The Hall–Kier alpha value is -3.19. The molecule has 0 aliphatic carbocycles. The van der Waals surface area contributed by atoms with Crippen LogP contribution in [0, 0.1) is 0 Å². The Labute approximate surface area is 199 Å². The van der Waals surface area contributed by atoms with E-state index in [1.54, 1.807) is 0 Å². The highest BCUT2D eigenvalue weighted by Gasteiger charge is 2.26. The van der Waals surface area contributed by atoms with Gasteiger partial charge >= 0.3 is 6.03 Å². The summed E-state index contributed by atoms with van der Waals surface area (Å²) in [4.78, 5) is 31.5. The van der Waals surface area contributed by atoms with Crippen molar-refractivity contribution in [1.29, 1.82) is 0 Å². The van der Waals surface area contributed by atoms with Crippen LogP contribution < -0.4 is 10.6 Å². The number of aryl methyl sites for hydroxylation is 1. The summed E-state index contributed by atoms with van der Waals surface area (Å²) in [6, 6.07) is 16.3. The Morgan fingerprint density at radius 2 is 1.79 bits per heavy atom. The molecule has 1 aromatic heterocycles. The molecule has 0 radical (unpaired) electrons. The Balaban J connectivity index is 1.42. The average Bonchev–Trinajstić information content (AvgIpc) is 3.35. The number of aromatic nitrogens is 1. The number of rotatable bonds is 6. The van der Waals surface area contributed by atoms with Crippen LogP contribution in [0.5, 0.6) is 0 Å². The van der Waals surface area contributed by atoms with Gasteiger partial charge < -0.3 is 15.5 Å². The maximum atomic E-state index is 13.0. The average molecular weight is 463 g/mol. The Bertz CT molecular complexity index is 1100. The van der Waals surface area contributed by atoms with Gasteiger partial charge in [-0.25, -0.2) is 9.78 Å². The summed E-state index contributed by atoms with van der Waals surface area (Å²) in [6.45, 7) is 6.12. The van der Waals surface area contributed by atoms with Crippen LogP contribution in [0.4, 0.5) is 10.5 Å². The molecule has 3 aromatic rings. The van der Waals surface area contributed by atoms with Crippen molar-refractivity contribution in [3.8, 4) is 11.1 Å². The van der Waals surface area contributed by atoms with Gasteiger partial charge in [0.1, 0.15) is 5.69 Å². The van der Waals surface area contributed by atoms with Crippen LogP contribution in [-0.4, -0.2) is 41.5 Å². The second kappa shape index (κ2) is 10.6. The number of nitrogens with one attached hydrogen (secondary N) is 2. The molecular weight excluding hydrogens is 432 g/mol. The largest absolute Gasteiger partial charge is 0.338 e. The lowest BCUT2D eigenvalue weighted by Crippen LogP contribution is -2.44. The van der Waals surface area contributed by atoms with Gasteiger partial charge in [0, 0.05) is 42.2 Å². The first kappa shape index (κ1) is 23.0. The van der Waals surface area contributed by atoms with E-state index >= 15 is 0 Å². The number of carbonyl (C=O) groups excluding carboxylic acids is 2. The molecule has 0 spiro atoms. The Morgan fingerprint density at radius 3 is 2.48 bits per heavy atom. The lowest BCUT2D eigenvalue weighted by molar-refractivity contribution is 0.102. The number of anilines is 1. The topological polar surface area (TPSA) is 74.3 Å². The maximum absolute atomic E-state index is 13.0. The van der Waals surface area contributed by atoms with Gasteiger partial charge in [0.2, 0.25) is 0 Å². The van der Waals surface area contributed by atoms with Gasteiger partial charge in [0.05, 0.1) is 5.01 Å². The predicted octanol–water partition coefficient (Wildman–Crippen LogP) is 5.53. The van der Waals surface area contributed by atoms with Crippen LogP contribution >= 0.6 is 11.3 Å². The van der Waals surface area contributed by atoms with Crippen molar-refractivity contribution >= 4 is 29.0 Å². The third-order valence-electron chi connectivity index (χ3n) is 6.06. The molecule has 172 valence electrons. The minimum absolute atomic E-state index is 0.00171. The van der Waals surface area contributed by atoms with Crippen LogP contribution in [0.25, 0.3) is 11.1 Å². The number of benzene rings is 2. The van der Waals surface area contributed by atoms with Gasteiger partial charge in [-0.3, -0.25) is 4.79 Å². The molecule has 1 aliphatic rings. The number of piperidine rings is 1. The van der Waals surface area contributed by atoms with E-state index < -0.39 is 0 Å². The summed E-state index contributed by atoms with van der Waals surface area (Å²) < 4.78 is 0. The zero-order chi connectivity index (χ0) is 23.2. The van der Waals surface area contributed by atoms with E-state index in [9.17, 15) is 9.59 Å². The smallest absolute Gasteiger partial charge is 0.317 e. The van der Waals surface area contributed by atoms with E-state index in [4.69, 9.17) is 0 Å². The highest BCUT2D eigenvalue weighted by molar-refractivity contribution is 7.10. The van der Waals surface area contributed by atoms with E-state index in [0.717, 1.165) is 41.1 Å². The second-order valence-corrected chi connectivity index (χ2v) is 9.11. The van der Waals surface area contributed by atoms with Crippen LogP contribution in [0.3, 0.4) is 0 Å². The van der Waals surface area contributed by atoms with Crippen molar-refractivity contribution in [1.82, 2.24) is 15.2 Å². The standard InChI is InChI=1S/C26H30N4O2S/c1-3-18-9-11-19(12-10-18)21-7-5-6-8-22(21)28-24(31)23-17-33-25(29-23)20-13-15-30(16-14-20)26(32)27-4-2/h5-12,17,20H,3-4,13-16H2,1-2H3,(H,27,32)(H,28,31). The molecular formula is C26H30N4O2S. The van der Waals surface area contributed by atoms with E-state index in [1.807, 2.05) is 41.5 Å². The van der Waals surface area contributed by atoms with E-state index in [1.165, 1.54) is 16.9 Å². The maximum Gasteiger partial charge on any atom is 0.317 e. The van der Waals surface area contributed by atoms with Crippen molar-refractivity contribution < 1.29 is 9.59 Å². The third kappa shape index (κ3) is 5.42. The summed E-state index contributed by atoms with van der Waals surface area (Å²) in [6.07, 6.45) is 2.72. The number of hydrogen-bond donors (Lipinski definition) is 2. The first-order valence-electron chi connectivity index (χ1n) is 11.6. The Morgan fingerprint density at radius 1 is 1.06 bits per heavy atom. The fourth-order valence-electron chi connectivity index (χ4n) is 4.12. The summed E-state index contributed by atoms with van der Waals surface area (Å²) >= 11 is 1.53. The first-order chi connectivity index (χ1) is 16.1. The molecule has 0 atom stereocenters. The van der Waals surface area contributed by atoms with Crippen molar-refractivity contribution in [3.05, 3.63) is 70.2 Å². The van der Waals surface area contributed by atoms with Crippen molar-refractivity contribution in [3.63, 3.8) is 0 Å². The number of thiazole rings is 1. The normalized spacial score (nSPS) is 14.2. The lowest BCUT2D eigenvalue weighted by Gasteiger charge is -2.31. The van der Waals surface area contributed by atoms with Crippen molar-refractivity contribution in [2.24, 2.45) is 0 Å². The minimum atomic E-state index is -0.199. The second-order valence-electron chi connectivity index (χ2n) is 8.22. The molecule has 0 unspecified atom stereocenters. The number of nitrogens with zero attached hydrogens (tertiary/aromatic N) is 2. The quantitative estimate of drug-likeness (QED) is 0.506.